The molecule has 4 nitrogen and oxygen atoms in total. The first-order valence-corrected chi connectivity index (χ1v) is 6.75. The van der Waals surface area contributed by atoms with Gasteiger partial charge in [-0.15, -0.1) is 0 Å². The Balaban J connectivity index is 2.69. The molecule has 106 valence electrons. The van der Waals surface area contributed by atoms with E-state index >= 15 is 0 Å². The lowest BCUT2D eigenvalue weighted by Gasteiger charge is -2.16. The molecule has 1 rings (SSSR count). The summed E-state index contributed by atoms with van der Waals surface area (Å²) in [4.78, 5) is 11.7. The third-order valence-electron chi connectivity index (χ3n) is 3.08. The van der Waals surface area contributed by atoms with Crippen LogP contribution in [0.3, 0.4) is 0 Å². The lowest BCUT2D eigenvalue weighted by atomic mass is 10.1. The Labute approximate surface area is 115 Å². The van der Waals surface area contributed by atoms with Crippen LogP contribution in [0.5, 0.6) is 0 Å². The van der Waals surface area contributed by atoms with Crippen LogP contribution >= 0.6 is 0 Å². The van der Waals surface area contributed by atoms with Crippen molar-refractivity contribution in [1.82, 2.24) is 5.32 Å². The van der Waals surface area contributed by atoms with Crippen molar-refractivity contribution in [2.45, 2.75) is 39.3 Å². The minimum Gasteiger partial charge on any atom is -0.372 e. The molecule has 1 aromatic rings. The Bertz CT molecular complexity index is 407. The third-order valence-corrected chi connectivity index (χ3v) is 3.08. The second-order valence-corrected chi connectivity index (χ2v) is 4.67. The number of ether oxygens (including phenoxy) is 1. The van der Waals surface area contributed by atoms with Gasteiger partial charge in [-0.05, 0) is 44.5 Å². The Morgan fingerprint density at radius 1 is 1.37 bits per heavy atom. The number of hydrogen-bond acceptors (Lipinski definition) is 3. The lowest BCUT2D eigenvalue weighted by Crippen LogP contribution is -2.26. The van der Waals surface area contributed by atoms with Crippen LogP contribution in [0, 0.1) is 0 Å². The smallest absolute Gasteiger partial charge is 0.253 e. The van der Waals surface area contributed by atoms with Gasteiger partial charge in [0, 0.05) is 18.8 Å². The van der Waals surface area contributed by atoms with Crippen molar-refractivity contribution in [2.24, 2.45) is 0 Å². The number of anilines is 1. The molecular weight excluding hydrogens is 240 g/mol. The highest BCUT2D eigenvalue weighted by atomic mass is 16.5. The summed E-state index contributed by atoms with van der Waals surface area (Å²) in [6.07, 6.45) is 0.658. The summed E-state index contributed by atoms with van der Waals surface area (Å²) in [5, 5.41) is 6.28. The molecule has 1 aromatic carbocycles. The predicted octanol–water partition coefficient (Wildman–Crippen LogP) is 2.72. The first kappa shape index (κ1) is 15.7. The van der Waals surface area contributed by atoms with Crippen LogP contribution in [0.4, 0.5) is 5.69 Å². The quantitative estimate of drug-likeness (QED) is 0.796. The van der Waals surface area contributed by atoms with Gasteiger partial charge in [0.25, 0.3) is 5.91 Å². The van der Waals surface area contributed by atoms with Gasteiger partial charge >= 0.3 is 0 Å². The van der Waals surface area contributed by atoms with E-state index in [0.29, 0.717) is 0 Å². The van der Waals surface area contributed by atoms with Crippen LogP contribution in [0.2, 0.25) is 0 Å². The zero-order valence-corrected chi connectivity index (χ0v) is 12.2. The van der Waals surface area contributed by atoms with Gasteiger partial charge in [0.15, 0.2) is 0 Å². The fourth-order valence-electron chi connectivity index (χ4n) is 1.72. The summed E-state index contributed by atoms with van der Waals surface area (Å²) in [5.74, 6) is -0.131. The molecule has 0 spiro atoms. The molecule has 0 heterocycles. The van der Waals surface area contributed by atoms with Gasteiger partial charge in [-0.2, -0.15) is 0 Å². The van der Waals surface area contributed by atoms with Gasteiger partial charge in [0.2, 0.25) is 0 Å². The number of benzene rings is 1. The van der Waals surface area contributed by atoms with E-state index in [2.05, 4.69) is 30.5 Å². The van der Waals surface area contributed by atoms with Gasteiger partial charge in [-0.1, -0.05) is 19.1 Å². The van der Waals surface area contributed by atoms with Gasteiger partial charge < -0.3 is 15.4 Å². The van der Waals surface area contributed by atoms with Crippen molar-refractivity contribution in [3.8, 4) is 0 Å². The number of hydrogen-bond donors (Lipinski definition) is 2. The number of amides is 1. The van der Waals surface area contributed by atoms with Crippen LogP contribution in [0.1, 0.15) is 38.8 Å². The van der Waals surface area contributed by atoms with Crippen LogP contribution in [-0.2, 0) is 9.53 Å². The molecule has 0 saturated carbocycles. The summed E-state index contributed by atoms with van der Waals surface area (Å²) in [6, 6.07) is 8.16. The highest BCUT2D eigenvalue weighted by molar-refractivity contribution is 5.93. The molecule has 1 amide bonds. The molecule has 0 aromatic heterocycles. The molecule has 4 heteroatoms. The molecule has 0 aliphatic carbocycles. The SMILES string of the molecule is CCCNC(C)c1cccc(NC(=O)C(C)OC)c1. The van der Waals surface area contributed by atoms with E-state index in [1.54, 1.807) is 6.92 Å². The number of carbonyl (C=O) groups excluding carboxylic acids is 1. The van der Waals surface area contributed by atoms with E-state index in [0.717, 1.165) is 24.2 Å². The van der Waals surface area contributed by atoms with Crippen LogP contribution in [0.15, 0.2) is 24.3 Å². The summed E-state index contributed by atoms with van der Waals surface area (Å²) < 4.78 is 4.99. The summed E-state index contributed by atoms with van der Waals surface area (Å²) in [5.41, 5.74) is 1.97. The fourth-order valence-corrected chi connectivity index (χ4v) is 1.72. The van der Waals surface area contributed by atoms with Crippen LogP contribution in [0.25, 0.3) is 0 Å². The molecular formula is C15H24N2O2. The zero-order valence-electron chi connectivity index (χ0n) is 12.2. The van der Waals surface area contributed by atoms with E-state index < -0.39 is 6.10 Å². The summed E-state index contributed by atoms with van der Waals surface area (Å²) in [6.45, 7) is 6.97. The molecule has 2 atom stereocenters. The Kier molecular flexibility index (Phi) is 6.53. The highest BCUT2D eigenvalue weighted by Gasteiger charge is 2.12. The van der Waals surface area contributed by atoms with Gasteiger partial charge in [0.1, 0.15) is 6.10 Å². The van der Waals surface area contributed by atoms with Gasteiger partial charge in [-0.25, -0.2) is 0 Å². The normalized spacial score (nSPS) is 13.9. The van der Waals surface area contributed by atoms with Gasteiger partial charge in [0.05, 0.1) is 0 Å². The molecule has 0 aliphatic heterocycles. The molecule has 0 bridgehead atoms. The number of methoxy groups -OCH3 is 1. The second-order valence-electron chi connectivity index (χ2n) is 4.67. The van der Waals surface area contributed by atoms with Crippen molar-refractivity contribution in [1.29, 1.82) is 0 Å². The van der Waals surface area contributed by atoms with Crippen LogP contribution < -0.4 is 10.6 Å². The van der Waals surface area contributed by atoms with Crippen molar-refractivity contribution >= 4 is 11.6 Å². The van der Waals surface area contributed by atoms with Crippen LogP contribution in [-0.4, -0.2) is 25.7 Å². The minimum atomic E-state index is -0.445. The van der Waals surface area contributed by atoms with Gasteiger partial charge in [-0.3, -0.25) is 4.79 Å². The Morgan fingerprint density at radius 2 is 2.11 bits per heavy atom. The largest absolute Gasteiger partial charge is 0.372 e. The Hall–Kier alpha value is -1.39. The second kappa shape index (κ2) is 7.92. The molecule has 0 radical (unpaired) electrons. The van der Waals surface area contributed by atoms with Crippen molar-refractivity contribution in [2.75, 3.05) is 19.0 Å². The zero-order chi connectivity index (χ0) is 14.3. The van der Waals surface area contributed by atoms with E-state index in [-0.39, 0.29) is 11.9 Å². The topological polar surface area (TPSA) is 50.4 Å². The van der Waals surface area contributed by atoms with Crippen molar-refractivity contribution < 1.29 is 9.53 Å². The monoisotopic (exact) mass is 264 g/mol. The maximum absolute atomic E-state index is 11.7. The number of carbonyl (C=O) groups is 1. The number of rotatable bonds is 7. The maximum atomic E-state index is 11.7. The van der Waals surface area contributed by atoms with E-state index in [1.807, 2.05) is 18.2 Å². The molecule has 19 heavy (non-hydrogen) atoms. The van der Waals surface area contributed by atoms with Crippen molar-refractivity contribution in [3.05, 3.63) is 29.8 Å². The minimum absolute atomic E-state index is 0.131. The molecule has 2 unspecified atom stereocenters. The molecule has 0 aliphatic rings. The summed E-state index contributed by atoms with van der Waals surface area (Å²) in [7, 11) is 1.53. The standard InChI is InChI=1S/C15H24N2O2/c1-5-9-16-11(2)13-7-6-8-14(10-13)17-15(18)12(3)19-4/h6-8,10-12,16H,5,9H2,1-4H3,(H,17,18). The molecule has 2 N–H and O–H groups in total. The first-order chi connectivity index (χ1) is 9.08. The van der Waals surface area contributed by atoms with E-state index in [9.17, 15) is 4.79 Å². The maximum Gasteiger partial charge on any atom is 0.253 e. The third kappa shape index (κ3) is 5.01. The van der Waals surface area contributed by atoms with Crippen molar-refractivity contribution in [3.63, 3.8) is 0 Å². The number of nitrogens with one attached hydrogen (secondary N) is 2. The first-order valence-electron chi connectivity index (χ1n) is 6.75. The average Bonchev–Trinajstić information content (AvgIpc) is 2.43. The van der Waals surface area contributed by atoms with E-state index in [1.165, 1.54) is 7.11 Å². The average molecular weight is 264 g/mol. The Morgan fingerprint density at radius 3 is 2.74 bits per heavy atom. The highest BCUT2D eigenvalue weighted by Crippen LogP contribution is 2.17. The molecule has 0 saturated heterocycles. The molecule has 0 fully saturated rings. The lowest BCUT2D eigenvalue weighted by molar-refractivity contribution is -0.124. The predicted molar refractivity (Wildman–Crippen MR) is 78.3 cm³/mol. The van der Waals surface area contributed by atoms with E-state index in [4.69, 9.17) is 4.74 Å². The summed E-state index contributed by atoms with van der Waals surface area (Å²) >= 11 is 0. The fraction of sp³-hybridized carbons (Fsp3) is 0.533.